The normalized spacial score (nSPS) is 12.9. The van der Waals surface area contributed by atoms with E-state index in [1.54, 1.807) is 18.7 Å². The number of aromatic amines is 1. The number of nitrogens with one attached hydrogen (secondary N) is 2. The van der Waals surface area contributed by atoms with Gasteiger partial charge in [0.25, 0.3) is 0 Å². The predicted molar refractivity (Wildman–Crippen MR) is 52.8 cm³/mol. The molecule has 0 spiro atoms. The van der Waals surface area contributed by atoms with Crippen molar-refractivity contribution in [3.05, 3.63) is 42.4 Å². The summed E-state index contributed by atoms with van der Waals surface area (Å²) in [7, 11) is 0. The first-order valence-electron chi connectivity index (χ1n) is 4.66. The Labute approximate surface area is 82.4 Å². The van der Waals surface area contributed by atoms with Crippen molar-refractivity contribution in [2.45, 2.75) is 13.0 Å². The number of hydrogen-bond donors (Lipinski definition) is 2. The lowest BCUT2D eigenvalue weighted by Gasteiger charge is -2.12. The minimum Gasteiger partial charge on any atom is -0.472 e. The van der Waals surface area contributed by atoms with Crippen LogP contribution in [0.5, 0.6) is 0 Å². The van der Waals surface area contributed by atoms with Crippen LogP contribution in [0.15, 0.2) is 35.4 Å². The second-order valence-electron chi connectivity index (χ2n) is 3.02. The molecule has 0 aromatic carbocycles. The van der Waals surface area contributed by atoms with E-state index in [-0.39, 0.29) is 6.04 Å². The summed E-state index contributed by atoms with van der Waals surface area (Å²) in [6, 6.07) is 2.03. The van der Waals surface area contributed by atoms with E-state index >= 15 is 0 Å². The zero-order valence-corrected chi connectivity index (χ0v) is 8.03. The molecule has 0 aliphatic rings. The third kappa shape index (κ3) is 1.70. The van der Waals surface area contributed by atoms with Gasteiger partial charge >= 0.3 is 0 Å². The zero-order chi connectivity index (χ0) is 9.80. The highest BCUT2D eigenvalue weighted by Crippen LogP contribution is 2.18. The Morgan fingerprint density at radius 1 is 1.64 bits per heavy atom. The van der Waals surface area contributed by atoms with Crippen LogP contribution in [-0.2, 0) is 0 Å². The van der Waals surface area contributed by atoms with E-state index in [1.165, 1.54) is 0 Å². The molecular weight excluding hydrogens is 178 g/mol. The molecule has 74 valence electrons. The quantitative estimate of drug-likeness (QED) is 0.773. The Balaban J connectivity index is 2.25. The van der Waals surface area contributed by atoms with E-state index in [4.69, 9.17) is 4.42 Å². The average Bonchev–Trinajstić information content (AvgIpc) is 2.87. The van der Waals surface area contributed by atoms with Crippen molar-refractivity contribution in [2.24, 2.45) is 0 Å². The van der Waals surface area contributed by atoms with Gasteiger partial charge in [0, 0.05) is 18.0 Å². The van der Waals surface area contributed by atoms with E-state index in [0.29, 0.717) is 0 Å². The Morgan fingerprint density at radius 3 is 3.14 bits per heavy atom. The smallest absolute Gasteiger partial charge is 0.127 e. The maximum absolute atomic E-state index is 5.06. The molecule has 4 heteroatoms. The largest absolute Gasteiger partial charge is 0.472 e. The van der Waals surface area contributed by atoms with Crippen LogP contribution in [0.1, 0.15) is 24.4 Å². The van der Waals surface area contributed by atoms with Gasteiger partial charge < -0.3 is 14.7 Å². The standard InChI is InChI=1S/C10H13N3O/c1-2-11-9(8-3-6-14-7-8)10-12-4-5-13-10/h3-7,9,11H,2H2,1H3,(H,12,13). The van der Waals surface area contributed by atoms with Crippen LogP contribution in [-0.4, -0.2) is 16.5 Å². The summed E-state index contributed by atoms with van der Waals surface area (Å²) in [6.45, 7) is 2.95. The summed E-state index contributed by atoms with van der Waals surface area (Å²) in [5, 5.41) is 3.33. The van der Waals surface area contributed by atoms with Crippen LogP contribution in [0, 0.1) is 0 Å². The molecule has 0 radical (unpaired) electrons. The van der Waals surface area contributed by atoms with Gasteiger partial charge in [0.1, 0.15) is 5.82 Å². The van der Waals surface area contributed by atoms with Crippen LogP contribution in [0.2, 0.25) is 0 Å². The highest BCUT2D eigenvalue weighted by atomic mass is 16.3. The Hall–Kier alpha value is -1.55. The van der Waals surface area contributed by atoms with E-state index in [0.717, 1.165) is 17.9 Å². The lowest BCUT2D eigenvalue weighted by molar-refractivity contribution is 0.548. The summed E-state index contributed by atoms with van der Waals surface area (Å²) in [4.78, 5) is 7.33. The molecule has 0 saturated carbocycles. The van der Waals surface area contributed by atoms with Gasteiger partial charge in [0.15, 0.2) is 0 Å². The third-order valence-electron chi connectivity index (χ3n) is 2.08. The molecule has 0 aliphatic carbocycles. The second-order valence-corrected chi connectivity index (χ2v) is 3.02. The van der Waals surface area contributed by atoms with Crippen molar-refractivity contribution < 1.29 is 4.42 Å². The molecule has 14 heavy (non-hydrogen) atoms. The fourth-order valence-electron chi connectivity index (χ4n) is 1.45. The van der Waals surface area contributed by atoms with Gasteiger partial charge in [-0.25, -0.2) is 4.98 Å². The number of furan rings is 1. The summed E-state index contributed by atoms with van der Waals surface area (Å²) in [5.41, 5.74) is 1.09. The summed E-state index contributed by atoms with van der Waals surface area (Å²) < 4.78 is 5.06. The Bertz CT molecular complexity index is 318. The van der Waals surface area contributed by atoms with Crippen molar-refractivity contribution in [1.29, 1.82) is 0 Å². The minimum atomic E-state index is 0.0914. The van der Waals surface area contributed by atoms with Crippen molar-refractivity contribution in [3.63, 3.8) is 0 Å². The maximum Gasteiger partial charge on any atom is 0.127 e. The summed E-state index contributed by atoms with van der Waals surface area (Å²) in [5.74, 6) is 0.910. The summed E-state index contributed by atoms with van der Waals surface area (Å²) in [6.07, 6.45) is 6.97. The molecule has 4 nitrogen and oxygen atoms in total. The topological polar surface area (TPSA) is 53.9 Å². The molecule has 2 aromatic heterocycles. The van der Waals surface area contributed by atoms with Gasteiger partial charge in [-0.05, 0) is 12.6 Å². The number of aromatic nitrogens is 2. The highest BCUT2D eigenvalue weighted by molar-refractivity contribution is 5.19. The second kappa shape index (κ2) is 4.11. The predicted octanol–water partition coefficient (Wildman–Crippen LogP) is 1.70. The SMILES string of the molecule is CCNC(c1ccoc1)c1ncc[nH]1. The van der Waals surface area contributed by atoms with Crippen molar-refractivity contribution in [2.75, 3.05) is 6.54 Å². The zero-order valence-electron chi connectivity index (χ0n) is 8.03. The molecule has 2 N–H and O–H groups in total. The van der Waals surface area contributed by atoms with Crippen LogP contribution in [0.25, 0.3) is 0 Å². The van der Waals surface area contributed by atoms with Gasteiger partial charge in [-0.2, -0.15) is 0 Å². The van der Waals surface area contributed by atoms with Crippen LogP contribution in [0.3, 0.4) is 0 Å². The molecule has 2 heterocycles. The Morgan fingerprint density at radius 2 is 2.57 bits per heavy atom. The third-order valence-corrected chi connectivity index (χ3v) is 2.08. The van der Waals surface area contributed by atoms with Gasteiger partial charge in [-0.3, -0.25) is 0 Å². The van der Waals surface area contributed by atoms with Crippen LogP contribution < -0.4 is 5.32 Å². The Kier molecular flexibility index (Phi) is 2.65. The minimum absolute atomic E-state index is 0.0914. The highest BCUT2D eigenvalue weighted by Gasteiger charge is 2.15. The molecule has 2 aromatic rings. The molecular formula is C10H13N3O. The van der Waals surface area contributed by atoms with Gasteiger partial charge in [-0.15, -0.1) is 0 Å². The van der Waals surface area contributed by atoms with Gasteiger partial charge in [-0.1, -0.05) is 6.92 Å². The van der Waals surface area contributed by atoms with Crippen LogP contribution in [0.4, 0.5) is 0 Å². The number of nitrogens with zero attached hydrogens (tertiary/aromatic N) is 1. The summed E-state index contributed by atoms with van der Waals surface area (Å²) >= 11 is 0. The molecule has 0 bridgehead atoms. The molecule has 1 unspecified atom stereocenters. The number of H-pyrrole nitrogens is 1. The number of imidazole rings is 1. The fraction of sp³-hybridized carbons (Fsp3) is 0.300. The first-order valence-corrected chi connectivity index (χ1v) is 4.66. The van der Waals surface area contributed by atoms with E-state index in [2.05, 4.69) is 22.2 Å². The lowest BCUT2D eigenvalue weighted by Crippen LogP contribution is -2.22. The van der Waals surface area contributed by atoms with Gasteiger partial charge in [0.2, 0.25) is 0 Å². The van der Waals surface area contributed by atoms with Crippen molar-refractivity contribution in [1.82, 2.24) is 15.3 Å². The average molecular weight is 191 g/mol. The monoisotopic (exact) mass is 191 g/mol. The van der Waals surface area contributed by atoms with E-state index in [9.17, 15) is 0 Å². The lowest BCUT2D eigenvalue weighted by atomic mass is 10.1. The first-order chi connectivity index (χ1) is 6.92. The molecule has 2 rings (SSSR count). The van der Waals surface area contributed by atoms with E-state index < -0.39 is 0 Å². The van der Waals surface area contributed by atoms with Gasteiger partial charge in [0.05, 0.1) is 18.6 Å². The van der Waals surface area contributed by atoms with E-state index in [1.807, 2.05) is 12.3 Å². The molecule has 0 aliphatic heterocycles. The maximum atomic E-state index is 5.06. The fourth-order valence-corrected chi connectivity index (χ4v) is 1.45. The molecule has 0 amide bonds. The molecule has 0 saturated heterocycles. The van der Waals surface area contributed by atoms with Crippen molar-refractivity contribution >= 4 is 0 Å². The molecule has 0 fully saturated rings. The number of rotatable bonds is 4. The molecule has 1 atom stereocenters. The van der Waals surface area contributed by atoms with Crippen molar-refractivity contribution in [3.8, 4) is 0 Å². The van der Waals surface area contributed by atoms with Crippen LogP contribution >= 0.6 is 0 Å². The number of hydrogen-bond acceptors (Lipinski definition) is 3. The first kappa shape index (κ1) is 9.02.